The number of nitrogens with one attached hydrogen (secondary N) is 2. The normalized spacial score (nSPS) is 15.9. The molecule has 1 unspecified atom stereocenters. The Balaban J connectivity index is 1.61. The van der Waals surface area contributed by atoms with E-state index < -0.39 is 16.7 Å². The van der Waals surface area contributed by atoms with Gasteiger partial charge in [0.1, 0.15) is 23.0 Å². The third-order valence-electron chi connectivity index (χ3n) is 6.51. The minimum atomic E-state index is -0.950. The quantitative estimate of drug-likeness (QED) is 0.195. The zero-order valence-electron chi connectivity index (χ0n) is 20.3. The number of likely N-dealkylation sites (N-methyl/N-ethyl adjacent to an activating group) is 1. The standard InChI is InChI=1S/C28H23Cl2F2N5O/c1-37-13-3-6-18(37)7-12-23(38)35-21-11-10-20-25(24(21)16-4-2-5-17(29)14-16)28(34-15-33-20)36-22-9-8-19(31)26(30)27(22)32/h2,4-5,7-12,14-15,18H,3,6,13H2,1H3,(H,35,38)(H,33,34,36)/b12-7+. The summed E-state index contributed by atoms with van der Waals surface area (Å²) in [6, 6.07) is 13.1. The molecule has 10 heteroatoms. The van der Waals surface area contributed by atoms with E-state index in [1.165, 1.54) is 18.5 Å². The molecule has 0 spiro atoms. The first kappa shape index (κ1) is 26.0. The summed E-state index contributed by atoms with van der Waals surface area (Å²) in [7, 11) is 2.03. The molecule has 4 aromatic rings. The Morgan fingerprint density at radius 3 is 2.68 bits per heavy atom. The highest BCUT2D eigenvalue weighted by Gasteiger charge is 2.20. The average molecular weight is 554 g/mol. The Morgan fingerprint density at radius 1 is 1.11 bits per heavy atom. The molecular weight excluding hydrogens is 531 g/mol. The fourth-order valence-corrected chi connectivity index (χ4v) is 4.95. The number of benzene rings is 3. The van der Waals surface area contributed by atoms with Crippen molar-refractivity contribution in [1.29, 1.82) is 0 Å². The Kier molecular flexibility index (Phi) is 7.56. The van der Waals surface area contributed by atoms with Gasteiger partial charge >= 0.3 is 0 Å². The van der Waals surface area contributed by atoms with E-state index in [4.69, 9.17) is 23.2 Å². The molecule has 1 saturated heterocycles. The molecule has 1 atom stereocenters. The van der Waals surface area contributed by atoms with Crippen LogP contribution in [0.5, 0.6) is 0 Å². The molecule has 1 aliphatic rings. The van der Waals surface area contributed by atoms with Gasteiger partial charge in [0, 0.05) is 28.4 Å². The molecule has 194 valence electrons. The Bertz CT molecular complexity index is 1560. The maximum absolute atomic E-state index is 14.8. The molecule has 5 rings (SSSR count). The van der Waals surface area contributed by atoms with Crippen molar-refractivity contribution in [3.8, 4) is 11.1 Å². The van der Waals surface area contributed by atoms with Crippen LogP contribution in [0.2, 0.25) is 10.0 Å². The minimum Gasteiger partial charge on any atom is -0.337 e. The molecule has 0 saturated carbocycles. The first-order chi connectivity index (χ1) is 18.3. The van der Waals surface area contributed by atoms with Gasteiger partial charge in [-0.1, -0.05) is 41.4 Å². The Hall–Kier alpha value is -3.59. The number of anilines is 3. The van der Waals surface area contributed by atoms with E-state index >= 15 is 0 Å². The number of nitrogens with zero attached hydrogens (tertiary/aromatic N) is 3. The monoisotopic (exact) mass is 553 g/mol. The lowest BCUT2D eigenvalue weighted by Crippen LogP contribution is -2.23. The number of hydrogen-bond donors (Lipinski definition) is 2. The van der Waals surface area contributed by atoms with Gasteiger partial charge in [0.15, 0.2) is 5.82 Å². The van der Waals surface area contributed by atoms with Crippen LogP contribution in [0.4, 0.5) is 26.0 Å². The molecule has 1 fully saturated rings. The maximum atomic E-state index is 14.8. The second kappa shape index (κ2) is 11.0. The number of hydrogen-bond acceptors (Lipinski definition) is 5. The molecule has 0 radical (unpaired) electrons. The summed E-state index contributed by atoms with van der Waals surface area (Å²) in [5.41, 5.74) is 2.23. The van der Waals surface area contributed by atoms with E-state index in [-0.39, 0.29) is 23.5 Å². The Morgan fingerprint density at radius 2 is 1.92 bits per heavy atom. The number of amides is 1. The number of likely N-dealkylation sites (tertiary alicyclic amines) is 1. The Labute approximate surface area is 228 Å². The zero-order chi connectivity index (χ0) is 26.8. The topological polar surface area (TPSA) is 70.2 Å². The molecule has 6 nitrogen and oxygen atoms in total. The lowest BCUT2D eigenvalue weighted by Gasteiger charge is -2.17. The molecule has 0 aliphatic carbocycles. The smallest absolute Gasteiger partial charge is 0.248 e. The summed E-state index contributed by atoms with van der Waals surface area (Å²) >= 11 is 12.1. The van der Waals surface area contributed by atoms with Gasteiger partial charge in [-0.2, -0.15) is 0 Å². The minimum absolute atomic E-state index is 0.0634. The molecule has 1 amide bonds. The van der Waals surface area contributed by atoms with Crippen LogP contribution in [0.15, 0.2) is 67.0 Å². The van der Waals surface area contributed by atoms with E-state index in [9.17, 15) is 13.6 Å². The predicted octanol–water partition coefficient (Wildman–Crippen LogP) is 7.21. The summed E-state index contributed by atoms with van der Waals surface area (Å²) in [5.74, 6) is -1.88. The largest absolute Gasteiger partial charge is 0.337 e. The van der Waals surface area contributed by atoms with Crippen LogP contribution < -0.4 is 10.6 Å². The highest BCUT2D eigenvalue weighted by molar-refractivity contribution is 6.31. The molecule has 3 aromatic carbocycles. The van der Waals surface area contributed by atoms with Crippen molar-refractivity contribution in [1.82, 2.24) is 14.9 Å². The van der Waals surface area contributed by atoms with Crippen LogP contribution in [-0.4, -0.2) is 40.4 Å². The van der Waals surface area contributed by atoms with Crippen LogP contribution in [0.3, 0.4) is 0 Å². The maximum Gasteiger partial charge on any atom is 0.248 e. The third-order valence-corrected chi connectivity index (χ3v) is 7.09. The van der Waals surface area contributed by atoms with Crippen molar-refractivity contribution in [3.05, 3.63) is 88.7 Å². The van der Waals surface area contributed by atoms with E-state index in [0.717, 1.165) is 25.5 Å². The first-order valence-electron chi connectivity index (χ1n) is 12.0. The second-order valence-electron chi connectivity index (χ2n) is 9.00. The van der Waals surface area contributed by atoms with Gasteiger partial charge < -0.3 is 10.6 Å². The summed E-state index contributed by atoms with van der Waals surface area (Å²) in [5, 5.41) is 6.24. The van der Waals surface area contributed by atoms with E-state index in [2.05, 4.69) is 25.5 Å². The number of rotatable bonds is 6. The van der Waals surface area contributed by atoms with Crippen molar-refractivity contribution in [2.75, 3.05) is 24.2 Å². The summed E-state index contributed by atoms with van der Waals surface area (Å²) in [6.07, 6.45) is 6.86. The summed E-state index contributed by atoms with van der Waals surface area (Å²) in [4.78, 5) is 23.9. The predicted molar refractivity (Wildman–Crippen MR) is 148 cm³/mol. The third kappa shape index (κ3) is 5.34. The molecule has 0 bridgehead atoms. The highest BCUT2D eigenvalue weighted by atomic mass is 35.5. The summed E-state index contributed by atoms with van der Waals surface area (Å²) in [6.45, 7) is 0.996. The second-order valence-corrected chi connectivity index (χ2v) is 9.82. The summed E-state index contributed by atoms with van der Waals surface area (Å²) < 4.78 is 28.5. The lowest BCUT2D eigenvalue weighted by molar-refractivity contribution is -0.111. The van der Waals surface area contributed by atoms with Crippen LogP contribution >= 0.6 is 23.2 Å². The average Bonchev–Trinajstić information content (AvgIpc) is 3.32. The SMILES string of the molecule is CN1CCCC1/C=C/C(=O)Nc1ccc2ncnc(Nc3ccc(F)c(Cl)c3F)c2c1-c1cccc(Cl)c1. The number of carbonyl (C=O) groups excluding carboxylic acids is 1. The number of fused-ring (bicyclic) bond motifs is 1. The first-order valence-corrected chi connectivity index (χ1v) is 12.7. The van der Waals surface area contributed by atoms with Gasteiger partial charge in [0.2, 0.25) is 5.91 Å². The molecule has 1 aromatic heterocycles. The van der Waals surface area contributed by atoms with Crippen LogP contribution in [0.25, 0.3) is 22.0 Å². The van der Waals surface area contributed by atoms with Gasteiger partial charge in [-0.25, -0.2) is 18.7 Å². The number of halogens is 4. The van der Waals surface area contributed by atoms with E-state index in [1.807, 2.05) is 19.2 Å². The van der Waals surface area contributed by atoms with Crippen LogP contribution in [0, 0.1) is 11.6 Å². The lowest BCUT2D eigenvalue weighted by atomic mass is 9.98. The zero-order valence-corrected chi connectivity index (χ0v) is 21.8. The molecular formula is C28H23Cl2F2N5O. The van der Waals surface area contributed by atoms with Gasteiger partial charge in [0.25, 0.3) is 0 Å². The van der Waals surface area contributed by atoms with Crippen molar-refractivity contribution < 1.29 is 13.6 Å². The molecule has 38 heavy (non-hydrogen) atoms. The van der Waals surface area contributed by atoms with E-state index in [0.29, 0.717) is 32.7 Å². The van der Waals surface area contributed by atoms with Gasteiger partial charge in [-0.05, 0) is 68.4 Å². The molecule has 2 N–H and O–H groups in total. The fraction of sp³-hybridized carbons (Fsp3) is 0.179. The van der Waals surface area contributed by atoms with E-state index in [1.54, 1.807) is 30.3 Å². The van der Waals surface area contributed by atoms with Gasteiger partial charge in [0.05, 0.1) is 16.6 Å². The highest BCUT2D eigenvalue weighted by Crippen LogP contribution is 2.40. The number of aromatic nitrogens is 2. The van der Waals surface area contributed by atoms with Crippen LogP contribution in [-0.2, 0) is 4.79 Å². The number of carbonyl (C=O) groups is 1. The van der Waals surface area contributed by atoms with Crippen molar-refractivity contribution in [2.24, 2.45) is 0 Å². The van der Waals surface area contributed by atoms with Crippen molar-refractivity contribution in [3.63, 3.8) is 0 Å². The van der Waals surface area contributed by atoms with Crippen molar-refractivity contribution >= 4 is 57.2 Å². The molecule has 1 aliphatic heterocycles. The van der Waals surface area contributed by atoms with Gasteiger partial charge in [-0.15, -0.1) is 0 Å². The van der Waals surface area contributed by atoms with Gasteiger partial charge in [-0.3, -0.25) is 9.69 Å². The van der Waals surface area contributed by atoms with Crippen LogP contribution in [0.1, 0.15) is 12.8 Å². The molecule has 2 heterocycles. The van der Waals surface area contributed by atoms with Crippen molar-refractivity contribution in [2.45, 2.75) is 18.9 Å². The fourth-order valence-electron chi connectivity index (χ4n) is 4.60.